The highest BCUT2D eigenvalue weighted by atomic mass is 16.3. The first-order valence-corrected chi connectivity index (χ1v) is 16.4. The number of para-hydroxylation sites is 1. The molecular formula is C38H39N7O4. The first-order valence-electron chi connectivity index (χ1n) is 16.4. The molecule has 2 aliphatic rings. The van der Waals surface area contributed by atoms with Gasteiger partial charge >= 0.3 is 6.03 Å². The first-order chi connectivity index (χ1) is 23.8. The number of carbonyl (C=O) groups is 3. The van der Waals surface area contributed by atoms with Crippen LogP contribution in [0.4, 0.5) is 4.79 Å². The van der Waals surface area contributed by atoms with Gasteiger partial charge in [-0.1, -0.05) is 84.9 Å². The van der Waals surface area contributed by atoms with Crippen molar-refractivity contribution in [3.05, 3.63) is 131 Å². The van der Waals surface area contributed by atoms with E-state index in [0.29, 0.717) is 13.1 Å². The number of hydrogen-bond acceptors (Lipinski definition) is 6. The lowest BCUT2D eigenvalue weighted by molar-refractivity contribution is -0.187. The number of aromatic nitrogens is 2. The van der Waals surface area contributed by atoms with Crippen LogP contribution in [0.3, 0.4) is 0 Å². The van der Waals surface area contributed by atoms with Crippen molar-refractivity contribution in [2.75, 3.05) is 20.1 Å². The summed E-state index contributed by atoms with van der Waals surface area (Å²) < 4.78 is 1.98. The van der Waals surface area contributed by atoms with Crippen molar-refractivity contribution < 1.29 is 19.5 Å². The number of fused-ring (bicyclic) bond motifs is 2. The van der Waals surface area contributed by atoms with Crippen LogP contribution >= 0.6 is 0 Å². The maximum atomic E-state index is 14.5. The van der Waals surface area contributed by atoms with Crippen LogP contribution in [-0.4, -0.2) is 84.9 Å². The van der Waals surface area contributed by atoms with Gasteiger partial charge in [-0.2, -0.15) is 5.10 Å². The van der Waals surface area contributed by atoms with Crippen LogP contribution in [0.5, 0.6) is 5.75 Å². The van der Waals surface area contributed by atoms with Gasteiger partial charge in [-0.15, -0.1) is 0 Å². The number of hydrazine groups is 1. The molecule has 4 aromatic carbocycles. The zero-order chi connectivity index (χ0) is 34.1. The third-order valence-electron chi connectivity index (χ3n) is 9.49. The predicted octanol–water partition coefficient (Wildman–Crippen LogP) is 4.28. The molecule has 250 valence electrons. The summed E-state index contributed by atoms with van der Waals surface area (Å²) in [6, 6.07) is 29.3. The molecule has 0 bridgehead atoms. The minimum Gasteiger partial charge on any atom is -0.508 e. The lowest BCUT2D eigenvalue weighted by Gasteiger charge is -2.54. The molecule has 3 heterocycles. The molecule has 11 nitrogen and oxygen atoms in total. The van der Waals surface area contributed by atoms with Gasteiger partial charge in [0.1, 0.15) is 18.0 Å². The molecule has 5 aromatic rings. The Morgan fingerprint density at radius 3 is 2.39 bits per heavy atom. The number of phenolic OH excluding ortho intramolecular Hbond substituents is 1. The van der Waals surface area contributed by atoms with Crippen LogP contribution in [0.25, 0.3) is 10.9 Å². The molecule has 49 heavy (non-hydrogen) atoms. The molecule has 0 unspecified atom stereocenters. The molecule has 2 N–H and O–H groups in total. The number of aryl methyl sites for hydroxylation is 1. The van der Waals surface area contributed by atoms with Crippen molar-refractivity contribution in [3.8, 4) is 5.75 Å². The zero-order valence-electron chi connectivity index (χ0n) is 27.6. The number of hydrogen-bond donors (Lipinski definition) is 2. The zero-order valence-corrected chi connectivity index (χ0v) is 27.6. The lowest BCUT2D eigenvalue weighted by atomic mass is 9.98. The first kappa shape index (κ1) is 31.9. The number of nitrogens with zero attached hydrogens (tertiary/aromatic N) is 6. The van der Waals surface area contributed by atoms with Crippen LogP contribution in [-0.2, 0) is 35.6 Å². The fourth-order valence-electron chi connectivity index (χ4n) is 6.98. The molecule has 0 saturated carbocycles. The van der Waals surface area contributed by atoms with Crippen molar-refractivity contribution in [2.24, 2.45) is 0 Å². The molecule has 7 rings (SSSR count). The van der Waals surface area contributed by atoms with Crippen molar-refractivity contribution in [3.63, 3.8) is 0 Å². The Hall–Kier alpha value is -5.68. The maximum absolute atomic E-state index is 14.5. The maximum Gasteiger partial charge on any atom is 0.334 e. The van der Waals surface area contributed by atoms with Gasteiger partial charge in [0.05, 0.1) is 31.3 Å². The van der Waals surface area contributed by atoms with Gasteiger partial charge in [0, 0.05) is 31.9 Å². The molecular weight excluding hydrogens is 618 g/mol. The summed E-state index contributed by atoms with van der Waals surface area (Å²) >= 11 is 0. The van der Waals surface area contributed by atoms with E-state index in [0.717, 1.165) is 33.2 Å². The van der Waals surface area contributed by atoms with Crippen molar-refractivity contribution >= 4 is 28.7 Å². The highest BCUT2D eigenvalue weighted by Crippen LogP contribution is 2.30. The van der Waals surface area contributed by atoms with E-state index in [2.05, 4.69) is 24.4 Å². The van der Waals surface area contributed by atoms with E-state index < -0.39 is 12.2 Å². The molecule has 0 radical (unpaired) electrons. The Labute approximate surface area is 284 Å². The van der Waals surface area contributed by atoms with Crippen LogP contribution < -0.4 is 5.32 Å². The third-order valence-corrected chi connectivity index (χ3v) is 9.49. The Bertz CT molecular complexity index is 1990. The quantitative estimate of drug-likeness (QED) is 0.258. The van der Waals surface area contributed by atoms with E-state index in [4.69, 9.17) is 5.10 Å². The topological polar surface area (TPSA) is 114 Å². The Morgan fingerprint density at radius 1 is 0.878 bits per heavy atom. The van der Waals surface area contributed by atoms with E-state index in [9.17, 15) is 19.5 Å². The summed E-state index contributed by atoms with van der Waals surface area (Å²) in [5.74, 6) is -0.311. The van der Waals surface area contributed by atoms with Gasteiger partial charge in [0.25, 0.3) is 0 Å². The van der Waals surface area contributed by atoms with Crippen molar-refractivity contribution in [1.82, 2.24) is 34.9 Å². The summed E-state index contributed by atoms with van der Waals surface area (Å²) in [5.41, 5.74) is 5.92. The Kier molecular flexibility index (Phi) is 8.75. The number of likely N-dealkylation sites (N-methyl/N-ethyl adjacent to an activating group) is 1. The van der Waals surface area contributed by atoms with E-state index in [1.165, 1.54) is 5.56 Å². The number of aromatic hydroxyl groups is 1. The van der Waals surface area contributed by atoms with Crippen LogP contribution in [0.15, 0.2) is 103 Å². The predicted molar refractivity (Wildman–Crippen MR) is 185 cm³/mol. The van der Waals surface area contributed by atoms with Gasteiger partial charge < -0.3 is 20.2 Å². The van der Waals surface area contributed by atoms with Crippen LogP contribution in [0.2, 0.25) is 0 Å². The highest BCUT2D eigenvalue weighted by molar-refractivity contribution is 5.92. The second-order valence-corrected chi connectivity index (χ2v) is 12.8. The smallest absolute Gasteiger partial charge is 0.334 e. The normalized spacial score (nSPS) is 18.2. The Balaban J connectivity index is 1.23. The number of carbonyl (C=O) groups excluding carboxylic acids is 3. The van der Waals surface area contributed by atoms with E-state index >= 15 is 0 Å². The molecule has 11 heteroatoms. The molecule has 2 fully saturated rings. The minimum absolute atomic E-state index is 0.0496. The number of amides is 4. The van der Waals surface area contributed by atoms with Gasteiger partial charge in [0.2, 0.25) is 11.8 Å². The molecule has 2 atom stereocenters. The second-order valence-electron chi connectivity index (χ2n) is 12.8. The monoisotopic (exact) mass is 657 g/mol. The average molecular weight is 658 g/mol. The lowest BCUT2D eigenvalue weighted by Crippen LogP contribution is -2.76. The van der Waals surface area contributed by atoms with Gasteiger partial charge in [-0.25, -0.2) is 14.8 Å². The summed E-state index contributed by atoms with van der Waals surface area (Å²) in [5, 5.41) is 21.8. The van der Waals surface area contributed by atoms with Gasteiger partial charge in [0.15, 0.2) is 0 Å². The van der Waals surface area contributed by atoms with Crippen LogP contribution in [0.1, 0.15) is 27.8 Å². The van der Waals surface area contributed by atoms with Gasteiger partial charge in [-0.05, 0) is 46.9 Å². The third kappa shape index (κ3) is 6.44. The fourth-order valence-corrected chi connectivity index (χ4v) is 6.98. The number of benzene rings is 4. The molecule has 0 aliphatic carbocycles. The minimum atomic E-state index is -0.856. The van der Waals surface area contributed by atoms with E-state index in [1.54, 1.807) is 51.1 Å². The van der Waals surface area contributed by atoms with E-state index in [1.807, 2.05) is 71.5 Å². The summed E-state index contributed by atoms with van der Waals surface area (Å²) in [6.45, 7) is 3.32. The standard InChI is InChI=1S/C38H39N7O4/c1-26-9-6-7-12-30(26)23-43-36-29(21-40-43)13-8-14-31(36)22-42-24-34-44(33(37(42)48)19-27-15-17-32(46)18-16-27)35(47)25-41(2)45(34)38(49)39-20-28-10-4-3-5-11-28/h3-18,21,33-34,46H,19-20,22-25H2,1-2H3,(H,39,49)/t33-,34-/m0/s1. The van der Waals surface area contributed by atoms with Crippen molar-refractivity contribution in [1.29, 1.82) is 0 Å². The fraction of sp³-hybridized carbons (Fsp3) is 0.263. The summed E-state index contributed by atoms with van der Waals surface area (Å²) in [4.78, 5) is 45.4. The second kappa shape index (κ2) is 13.4. The van der Waals surface area contributed by atoms with E-state index in [-0.39, 0.29) is 49.7 Å². The number of rotatable bonds is 8. The van der Waals surface area contributed by atoms with Crippen molar-refractivity contribution in [2.45, 2.75) is 45.2 Å². The molecule has 0 spiro atoms. The molecule has 4 amide bonds. The largest absolute Gasteiger partial charge is 0.508 e. The number of urea groups is 1. The van der Waals surface area contributed by atoms with Crippen LogP contribution in [0, 0.1) is 6.92 Å². The average Bonchev–Trinajstić information content (AvgIpc) is 3.51. The summed E-state index contributed by atoms with van der Waals surface area (Å²) in [7, 11) is 1.72. The molecule has 2 saturated heterocycles. The number of phenols is 1. The number of piperazine rings is 1. The Morgan fingerprint density at radius 2 is 1.61 bits per heavy atom. The SMILES string of the molecule is Cc1ccccc1Cn1ncc2cccc(CN3C[C@H]4N(C(=O)CN(C)N4C(=O)NCc4ccccc4)[C@@H](Cc4ccc(O)cc4)C3=O)c21. The van der Waals surface area contributed by atoms with Gasteiger partial charge in [-0.3, -0.25) is 14.3 Å². The number of nitrogens with one attached hydrogen (secondary N) is 1. The highest BCUT2D eigenvalue weighted by Gasteiger charge is 2.50. The molecule has 2 aliphatic heterocycles. The summed E-state index contributed by atoms with van der Waals surface area (Å²) in [6.07, 6.45) is 1.34. The molecule has 1 aromatic heterocycles.